The highest BCUT2D eigenvalue weighted by Crippen LogP contribution is 2.39. The van der Waals surface area contributed by atoms with Gasteiger partial charge in [-0.3, -0.25) is 4.79 Å². The van der Waals surface area contributed by atoms with Crippen LogP contribution < -0.4 is 0 Å². The third-order valence-electron chi connectivity index (χ3n) is 3.12. The summed E-state index contributed by atoms with van der Waals surface area (Å²) in [5.74, 6) is 1.35. The van der Waals surface area contributed by atoms with Crippen molar-refractivity contribution < 1.29 is 9.53 Å². The van der Waals surface area contributed by atoms with Crippen LogP contribution in [-0.2, 0) is 14.9 Å². The lowest BCUT2D eigenvalue weighted by Crippen LogP contribution is -2.34. The Morgan fingerprint density at radius 1 is 1.47 bits per heavy atom. The number of carbonyl (C=O) groups is 1. The van der Waals surface area contributed by atoms with Crippen LogP contribution in [0.4, 0.5) is 0 Å². The summed E-state index contributed by atoms with van der Waals surface area (Å²) >= 11 is 0. The molecule has 0 aliphatic heterocycles. The zero-order chi connectivity index (χ0) is 12.6. The number of aryl methyl sites for hydroxylation is 1. The van der Waals surface area contributed by atoms with E-state index in [2.05, 4.69) is 14.8 Å². The monoisotopic (exact) mass is 237 g/mol. The smallest absolute Gasteiger partial charge is 0.319 e. The Morgan fingerprint density at radius 2 is 2.12 bits per heavy atom. The van der Waals surface area contributed by atoms with Gasteiger partial charge in [0.1, 0.15) is 17.1 Å². The molecule has 1 aromatic heterocycles. The average molecular weight is 237 g/mol. The molecule has 1 heterocycles. The third-order valence-corrected chi connectivity index (χ3v) is 3.12. The van der Waals surface area contributed by atoms with Gasteiger partial charge in [-0.1, -0.05) is 0 Å². The normalized spacial score (nSPS) is 16.0. The number of hydrogen-bond acceptors (Lipinski definition) is 4. The first kappa shape index (κ1) is 12.1. The largest absolute Gasteiger partial charge is 0.465 e. The lowest BCUT2D eigenvalue weighted by Gasteiger charge is -2.22. The van der Waals surface area contributed by atoms with E-state index in [0.717, 1.165) is 24.5 Å². The van der Waals surface area contributed by atoms with E-state index in [0.29, 0.717) is 12.6 Å². The van der Waals surface area contributed by atoms with Crippen LogP contribution >= 0.6 is 0 Å². The molecule has 0 bridgehead atoms. The average Bonchev–Trinajstić information content (AvgIpc) is 3.02. The molecule has 0 saturated heterocycles. The van der Waals surface area contributed by atoms with E-state index in [9.17, 15) is 4.79 Å². The Hall–Kier alpha value is -1.39. The van der Waals surface area contributed by atoms with Crippen molar-refractivity contribution in [2.75, 3.05) is 6.61 Å². The van der Waals surface area contributed by atoms with Gasteiger partial charge in [0, 0.05) is 6.04 Å². The van der Waals surface area contributed by atoms with E-state index in [1.165, 1.54) is 0 Å². The zero-order valence-corrected chi connectivity index (χ0v) is 10.9. The molecular weight excluding hydrogens is 218 g/mol. The van der Waals surface area contributed by atoms with E-state index in [4.69, 9.17) is 4.74 Å². The van der Waals surface area contributed by atoms with Gasteiger partial charge in [-0.2, -0.15) is 0 Å². The summed E-state index contributed by atoms with van der Waals surface area (Å²) in [6, 6.07) is 0.466. The number of hydrogen-bond donors (Lipinski definition) is 0. The Morgan fingerprint density at radius 3 is 2.65 bits per heavy atom. The van der Waals surface area contributed by atoms with Crippen molar-refractivity contribution in [1.29, 1.82) is 0 Å². The predicted molar refractivity (Wildman–Crippen MR) is 62.7 cm³/mol. The molecule has 0 radical (unpaired) electrons. The molecule has 0 amide bonds. The van der Waals surface area contributed by atoms with Gasteiger partial charge in [-0.25, -0.2) is 0 Å². The SMILES string of the molecule is CCOC(=O)C(C)(C)c1nnc(C)n1C1CC1. The van der Waals surface area contributed by atoms with E-state index < -0.39 is 5.41 Å². The molecule has 1 aromatic rings. The molecular formula is C12H19N3O2. The molecule has 1 aliphatic rings. The van der Waals surface area contributed by atoms with Crippen LogP contribution in [0.1, 0.15) is 51.3 Å². The number of aromatic nitrogens is 3. The number of esters is 1. The van der Waals surface area contributed by atoms with Gasteiger partial charge in [-0.15, -0.1) is 10.2 Å². The van der Waals surface area contributed by atoms with Crippen LogP contribution in [0.15, 0.2) is 0 Å². The molecule has 1 saturated carbocycles. The number of ether oxygens (including phenoxy) is 1. The Balaban J connectivity index is 2.35. The van der Waals surface area contributed by atoms with Crippen LogP contribution in [0.3, 0.4) is 0 Å². The molecule has 2 rings (SSSR count). The molecule has 5 nitrogen and oxygen atoms in total. The Bertz CT molecular complexity index is 433. The van der Waals surface area contributed by atoms with Crippen LogP contribution in [0.25, 0.3) is 0 Å². The minimum Gasteiger partial charge on any atom is -0.465 e. The molecule has 0 unspecified atom stereocenters. The van der Waals surface area contributed by atoms with Gasteiger partial charge < -0.3 is 9.30 Å². The second kappa shape index (κ2) is 4.13. The van der Waals surface area contributed by atoms with Gasteiger partial charge in [0.15, 0.2) is 0 Å². The predicted octanol–water partition coefficient (Wildman–Crippen LogP) is 1.76. The first-order valence-corrected chi connectivity index (χ1v) is 6.07. The van der Waals surface area contributed by atoms with Crippen molar-refractivity contribution in [3.05, 3.63) is 11.6 Å². The van der Waals surface area contributed by atoms with Gasteiger partial charge in [0.2, 0.25) is 0 Å². The maximum absolute atomic E-state index is 12.0. The highest BCUT2D eigenvalue weighted by molar-refractivity contribution is 5.81. The molecule has 5 heteroatoms. The molecule has 1 aliphatic carbocycles. The molecule has 1 fully saturated rings. The van der Waals surface area contributed by atoms with E-state index in [-0.39, 0.29) is 5.97 Å². The highest BCUT2D eigenvalue weighted by atomic mass is 16.5. The van der Waals surface area contributed by atoms with Crippen LogP contribution in [0, 0.1) is 6.92 Å². The second-order valence-electron chi connectivity index (χ2n) is 5.02. The fourth-order valence-electron chi connectivity index (χ4n) is 1.97. The summed E-state index contributed by atoms with van der Waals surface area (Å²) in [6.07, 6.45) is 2.29. The van der Waals surface area contributed by atoms with Crippen LogP contribution in [0.5, 0.6) is 0 Å². The molecule has 0 aromatic carbocycles. The Kier molecular flexibility index (Phi) is 2.93. The van der Waals surface area contributed by atoms with Gasteiger partial charge in [0.25, 0.3) is 0 Å². The fourth-order valence-corrected chi connectivity index (χ4v) is 1.97. The summed E-state index contributed by atoms with van der Waals surface area (Å²) in [7, 11) is 0. The molecule has 0 atom stereocenters. The van der Waals surface area contributed by atoms with Crippen molar-refractivity contribution >= 4 is 5.97 Å². The summed E-state index contributed by atoms with van der Waals surface area (Å²) in [4.78, 5) is 12.0. The van der Waals surface area contributed by atoms with E-state index in [1.54, 1.807) is 0 Å². The van der Waals surface area contributed by atoms with Crippen molar-refractivity contribution in [2.45, 2.75) is 52.0 Å². The van der Waals surface area contributed by atoms with Crippen LogP contribution in [0.2, 0.25) is 0 Å². The quantitative estimate of drug-likeness (QED) is 0.749. The first-order chi connectivity index (χ1) is 7.98. The minimum absolute atomic E-state index is 0.241. The highest BCUT2D eigenvalue weighted by Gasteiger charge is 2.40. The summed E-state index contributed by atoms with van der Waals surface area (Å²) < 4.78 is 7.19. The minimum atomic E-state index is -0.736. The maximum atomic E-state index is 12.0. The molecule has 0 spiro atoms. The lowest BCUT2D eigenvalue weighted by atomic mass is 9.92. The summed E-state index contributed by atoms with van der Waals surface area (Å²) in [6.45, 7) is 7.81. The van der Waals surface area contributed by atoms with Crippen molar-refractivity contribution in [2.24, 2.45) is 0 Å². The first-order valence-electron chi connectivity index (χ1n) is 6.07. The topological polar surface area (TPSA) is 57.0 Å². The van der Waals surface area contributed by atoms with Crippen LogP contribution in [-0.4, -0.2) is 27.3 Å². The van der Waals surface area contributed by atoms with Crippen molar-refractivity contribution in [3.63, 3.8) is 0 Å². The number of nitrogens with zero attached hydrogens (tertiary/aromatic N) is 3. The van der Waals surface area contributed by atoms with Crippen molar-refractivity contribution in [3.8, 4) is 0 Å². The van der Waals surface area contributed by atoms with Gasteiger partial charge in [0.05, 0.1) is 6.61 Å². The standard InChI is InChI=1S/C12H19N3O2/c1-5-17-11(16)12(3,4)10-14-13-8(2)15(10)9-6-7-9/h9H,5-7H2,1-4H3. The number of carbonyl (C=O) groups excluding carboxylic acids is 1. The van der Waals surface area contributed by atoms with Gasteiger partial charge in [-0.05, 0) is 40.5 Å². The summed E-state index contributed by atoms with van der Waals surface area (Å²) in [5, 5.41) is 8.26. The molecule has 17 heavy (non-hydrogen) atoms. The zero-order valence-electron chi connectivity index (χ0n) is 10.9. The molecule has 94 valence electrons. The van der Waals surface area contributed by atoms with E-state index >= 15 is 0 Å². The van der Waals surface area contributed by atoms with Crippen molar-refractivity contribution in [1.82, 2.24) is 14.8 Å². The second-order valence-corrected chi connectivity index (χ2v) is 5.02. The van der Waals surface area contributed by atoms with E-state index in [1.807, 2.05) is 27.7 Å². The lowest BCUT2D eigenvalue weighted by molar-refractivity contribution is -0.149. The summed E-state index contributed by atoms with van der Waals surface area (Å²) in [5.41, 5.74) is -0.736. The van der Waals surface area contributed by atoms with Gasteiger partial charge >= 0.3 is 5.97 Å². The fraction of sp³-hybridized carbons (Fsp3) is 0.750. The third kappa shape index (κ3) is 2.06. The molecule has 0 N–H and O–H groups in total. The Labute approximate surface area is 101 Å². The maximum Gasteiger partial charge on any atom is 0.319 e. The number of rotatable bonds is 4.